The number of ether oxygens (including phenoxy) is 1. The maximum absolute atomic E-state index is 12.2. The number of rotatable bonds is 4. The van der Waals surface area contributed by atoms with Gasteiger partial charge < -0.3 is 15.4 Å². The summed E-state index contributed by atoms with van der Waals surface area (Å²) in [5.74, 6) is -0.0931. The lowest BCUT2D eigenvalue weighted by atomic mass is 10.0. The zero-order chi connectivity index (χ0) is 14.4. The van der Waals surface area contributed by atoms with E-state index in [0.29, 0.717) is 26.1 Å². The van der Waals surface area contributed by atoms with Crippen molar-refractivity contribution in [3.05, 3.63) is 35.9 Å². The van der Waals surface area contributed by atoms with E-state index < -0.39 is 12.1 Å². The number of morpholine rings is 1. The van der Waals surface area contributed by atoms with Gasteiger partial charge in [-0.15, -0.1) is 0 Å². The number of aryl methyl sites for hydroxylation is 1. The van der Waals surface area contributed by atoms with E-state index in [1.165, 1.54) is 5.56 Å². The molecule has 5 nitrogen and oxygen atoms in total. The number of amides is 1. The van der Waals surface area contributed by atoms with Crippen LogP contribution in [-0.2, 0) is 16.0 Å². The van der Waals surface area contributed by atoms with Gasteiger partial charge in [0.1, 0.15) is 0 Å². The van der Waals surface area contributed by atoms with E-state index in [-0.39, 0.29) is 5.91 Å². The summed E-state index contributed by atoms with van der Waals surface area (Å²) in [7, 11) is 0. The summed E-state index contributed by atoms with van der Waals surface area (Å²) in [5.41, 5.74) is 7.14. The van der Waals surface area contributed by atoms with Crippen LogP contribution in [-0.4, -0.2) is 42.6 Å². The van der Waals surface area contributed by atoms with E-state index in [4.69, 9.17) is 15.7 Å². The van der Waals surface area contributed by atoms with Crippen molar-refractivity contribution in [3.63, 3.8) is 0 Å². The van der Waals surface area contributed by atoms with Crippen molar-refractivity contribution < 1.29 is 9.53 Å². The molecule has 1 fully saturated rings. The molecule has 5 heteroatoms. The number of nitriles is 1. The number of nitrogens with zero attached hydrogens (tertiary/aromatic N) is 2. The van der Waals surface area contributed by atoms with Crippen molar-refractivity contribution in [2.75, 3.05) is 19.7 Å². The molecule has 2 N–H and O–H groups in total. The Morgan fingerprint density at radius 1 is 1.50 bits per heavy atom. The van der Waals surface area contributed by atoms with E-state index in [0.717, 1.165) is 6.42 Å². The molecule has 1 saturated heterocycles. The van der Waals surface area contributed by atoms with E-state index >= 15 is 0 Å². The first-order valence-electron chi connectivity index (χ1n) is 6.80. The number of carbonyl (C=O) groups is 1. The highest BCUT2D eigenvalue weighted by Gasteiger charge is 2.27. The SMILES string of the molecule is N#CC1CN(C(=O)C(N)CCc2ccccc2)CCO1. The zero-order valence-corrected chi connectivity index (χ0v) is 11.4. The van der Waals surface area contributed by atoms with Gasteiger partial charge in [-0.1, -0.05) is 30.3 Å². The molecule has 2 rings (SSSR count). The molecule has 0 aliphatic carbocycles. The Labute approximate surface area is 118 Å². The van der Waals surface area contributed by atoms with Gasteiger partial charge in [0.2, 0.25) is 5.91 Å². The van der Waals surface area contributed by atoms with Gasteiger partial charge in [0.25, 0.3) is 0 Å². The lowest BCUT2D eigenvalue weighted by Gasteiger charge is -2.31. The minimum Gasteiger partial charge on any atom is -0.360 e. The van der Waals surface area contributed by atoms with E-state index in [2.05, 4.69) is 0 Å². The third kappa shape index (κ3) is 3.80. The second kappa shape index (κ2) is 7.04. The molecule has 1 heterocycles. The van der Waals surface area contributed by atoms with E-state index in [1.54, 1.807) is 4.90 Å². The molecule has 0 radical (unpaired) electrons. The first-order valence-corrected chi connectivity index (χ1v) is 6.80. The van der Waals surface area contributed by atoms with Crippen LogP contribution in [0.25, 0.3) is 0 Å². The lowest BCUT2D eigenvalue weighted by Crippen LogP contribution is -2.51. The van der Waals surface area contributed by atoms with Gasteiger partial charge in [-0.3, -0.25) is 4.79 Å². The molecular formula is C15H19N3O2. The summed E-state index contributed by atoms with van der Waals surface area (Å²) >= 11 is 0. The van der Waals surface area contributed by atoms with Crippen LogP contribution < -0.4 is 5.73 Å². The molecule has 2 atom stereocenters. The summed E-state index contributed by atoms with van der Waals surface area (Å²) in [6, 6.07) is 11.5. The van der Waals surface area contributed by atoms with Crippen LogP contribution in [0.3, 0.4) is 0 Å². The fraction of sp³-hybridized carbons (Fsp3) is 0.467. The smallest absolute Gasteiger partial charge is 0.239 e. The van der Waals surface area contributed by atoms with Gasteiger partial charge >= 0.3 is 0 Å². The Kier molecular flexibility index (Phi) is 5.10. The van der Waals surface area contributed by atoms with Gasteiger partial charge in [-0.25, -0.2) is 0 Å². The quantitative estimate of drug-likeness (QED) is 0.875. The maximum atomic E-state index is 12.2. The number of benzene rings is 1. The van der Waals surface area contributed by atoms with Crippen molar-refractivity contribution in [2.45, 2.75) is 25.0 Å². The van der Waals surface area contributed by atoms with Crippen LogP contribution >= 0.6 is 0 Å². The Morgan fingerprint density at radius 2 is 2.25 bits per heavy atom. The second-order valence-electron chi connectivity index (χ2n) is 4.90. The summed E-state index contributed by atoms with van der Waals surface area (Å²) in [6.45, 7) is 1.22. The molecule has 1 aliphatic heterocycles. The van der Waals surface area contributed by atoms with Gasteiger partial charge in [-0.2, -0.15) is 5.26 Å². The highest BCUT2D eigenvalue weighted by Crippen LogP contribution is 2.09. The molecule has 1 aliphatic rings. The van der Waals surface area contributed by atoms with Gasteiger partial charge in [0.05, 0.1) is 25.3 Å². The fourth-order valence-corrected chi connectivity index (χ4v) is 2.25. The van der Waals surface area contributed by atoms with Crippen LogP contribution in [0, 0.1) is 11.3 Å². The molecule has 0 saturated carbocycles. The largest absolute Gasteiger partial charge is 0.360 e. The maximum Gasteiger partial charge on any atom is 0.239 e. The normalized spacial score (nSPS) is 20.2. The molecule has 106 valence electrons. The molecule has 2 unspecified atom stereocenters. The predicted octanol–water partition coefficient (Wildman–Crippen LogP) is 0.697. The van der Waals surface area contributed by atoms with Gasteiger partial charge in [0, 0.05) is 6.54 Å². The molecular weight excluding hydrogens is 254 g/mol. The Morgan fingerprint density at radius 3 is 2.95 bits per heavy atom. The van der Waals surface area contributed by atoms with Crippen LogP contribution in [0.1, 0.15) is 12.0 Å². The number of hydrogen-bond donors (Lipinski definition) is 1. The second-order valence-corrected chi connectivity index (χ2v) is 4.90. The molecule has 0 aromatic heterocycles. The molecule has 0 spiro atoms. The summed E-state index contributed by atoms with van der Waals surface area (Å²) in [6.07, 6.45) is 0.853. The highest BCUT2D eigenvalue weighted by molar-refractivity contribution is 5.81. The summed E-state index contributed by atoms with van der Waals surface area (Å²) < 4.78 is 5.22. The lowest BCUT2D eigenvalue weighted by molar-refractivity contribution is -0.138. The fourth-order valence-electron chi connectivity index (χ4n) is 2.25. The third-order valence-electron chi connectivity index (χ3n) is 3.43. The first-order chi connectivity index (χ1) is 9.70. The van der Waals surface area contributed by atoms with Crippen molar-refractivity contribution >= 4 is 5.91 Å². The predicted molar refractivity (Wildman–Crippen MR) is 74.7 cm³/mol. The number of hydrogen-bond acceptors (Lipinski definition) is 4. The topological polar surface area (TPSA) is 79.4 Å². The van der Waals surface area contributed by atoms with Gasteiger partial charge in [-0.05, 0) is 18.4 Å². The van der Waals surface area contributed by atoms with E-state index in [1.807, 2.05) is 36.4 Å². The minimum absolute atomic E-state index is 0.0931. The Hall–Kier alpha value is -1.90. The van der Waals surface area contributed by atoms with E-state index in [9.17, 15) is 4.79 Å². The molecule has 1 aromatic carbocycles. The van der Waals surface area contributed by atoms with Crippen LogP contribution in [0.5, 0.6) is 0 Å². The highest BCUT2D eigenvalue weighted by atomic mass is 16.5. The first kappa shape index (κ1) is 14.5. The molecule has 1 aromatic rings. The number of carbonyl (C=O) groups excluding carboxylic acids is 1. The Balaban J connectivity index is 1.84. The molecule has 20 heavy (non-hydrogen) atoms. The zero-order valence-electron chi connectivity index (χ0n) is 11.4. The Bertz CT molecular complexity index is 484. The van der Waals surface area contributed by atoms with Crippen LogP contribution in [0.4, 0.5) is 0 Å². The third-order valence-corrected chi connectivity index (χ3v) is 3.43. The minimum atomic E-state index is -0.533. The van der Waals surface area contributed by atoms with Crippen molar-refractivity contribution in [1.29, 1.82) is 5.26 Å². The summed E-state index contributed by atoms with van der Waals surface area (Å²) in [4.78, 5) is 13.8. The summed E-state index contributed by atoms with van der Waals surface area (Å²) in [5, 5.41) is 8.84. The molecule has 0 bridgehead atoms. The monoisotopic (exact) mass is 273 g/mol. The average Bonchev–Trinajstić information content (AvgIpc) is 2.53. The van der Waals surface area contributed by atoms with Crippen LogP contribution in [0.2, 0.25) is 0 Å². The van der Waals surface area contributed by atoms with Crippen LogP contribution in [0.15, 0.2) is 30.3 Å². The van der Waals surface area contributed by atoms with Gasteiger partial charge in [0.15, 0.2) is 6.10 Å². The van der Waals surface area contributed by atoms with Crippen molar-refractivity contribution in [2.24, 2.45) is 5.73 Å². The standard InChI is InChI=1S/C15H19N3O2/c16-10-13-11-18(8-9-20-13)15(19)14(17)7-6-12-4-2-1-3-5-12/h1-5,13-14H,6-9,11,17H2. The average molecular weight is 273 g/mol. The molecule has 1 amide bonds. The van der Waals surface area contributed by atoms with Crippen molar-refractivity contribution in [3.8, 4) is 6.07 Å². The number of nitrogens with two attached hydrogens (primary N) is 1. The van der Waals surface area contributed by atoms with Crippen molar-refractivity contribution in [1.82, 2.24) is 4.90 Å².